The average molecular weight is 362 g/mol. The zero-order valence-corrected chi connectivity index (χ0v) is 14.1. The number of halogens is 2. The van der Waals surface area contributed by atoms with Crippen LogP contribution in [-0.4, -0.2) is 14.1 Å². The van der Waals surface area contributed by atoms with Gasteiger partial charge in [-0.25, -0.2) is 13.8 Å². The second-order valence-corrected chi connectivity index (χ2v) is 6.05. The molecule has 0 aliphatic heterocycles. The summed E-state index contributed by atoms with van der Waals surface area (Å²) in [7, 11) is 1.63. The van der Waals surface area contributed by atoms with Gasteiger partial charge in [0.15, 0.2) is 5.52 Å². The van der Waals surface area contributed by atoms with E-state index in [1.54, 1.807) is 23.9 Å². The minimum atomic E-state index is -0.582. The summed E-state index contributed by atoms with van der Waals surface area (Å²) in [5, 5.41) is 9.27. The first-order chi connectivity index (χ1) is 13.0. The van der Waals surface area contributed by atoms with E-state index in [0.717, 1.165) is 12.1 Å². The second kappa shape index (κ2) is 6.18. The number of aromatic nitrogens is 3. The van der Waals surface area contributed by atoms with Crippen molar-refractivity contribution in [1.29, 1.82) is 5.26 Å². The number of imidazole rings is 1. The zero-order chi connectivity index (χ0) is 19.1. The van der Waals surface area contributed by atoms with Gasteiger partial charge in [0.05, 0.1) is 17.1 Å². The smallest absolute Gasteiger partial charge is 0.278 e. The molecular formula is C20H12F2N4O. The topological polar surface area (TPSA) is 63.6 Å². The van der Waals surface area contributed by atoms with Crippen molar-refractivity contribution in [2.45, 2.75) is 0 Å². The fraction of sp³-hybridized carbons (Fsp3) is 0.0500. The summed E-state index contributed by atoms with van der Waals surface area (Å²) in [6.45, 7) is 0. The lowest BCUT2D eigenvalue weighted by Gasteiger charge is -2.10. The molecule has 0 saturated heterocycles. The van der Waals surface area contributed by atoms with Gasteiger partial charge in [0.2, 0.25) is 0 Å². The van der Waals surface area contributed by atoms with E-state index in [9.17, 15) is 18.8 Å². The molecule has 0 aliphatic carbocycles. The molecule has 7 heteroatoms. The molecule has 0 bridgehead atoms. The van der Waals surface area contributed by atoms with Crippen molar-refractivity contribution in [2.75, 3.05) is 0 Å². The van der Waals surface area contributed by atoms with E-state index in [1.807, 2.05) is 6.07 Å². The molecule has 0 fully saturated rings. The summed E-state index contributed by atoms with van der Waals surface area (Å²) in [6, 6.07) is 11.6. The van der Waals surface area contributed by atoms with Crippen molar-refractivity contribution in [2.24, 2.45) is 7.05 Å². The van der Waals surface area contributed by atoms with E-state index in [-0.39, 0.29) is 27.8 Å². The molecule has 4 rings (SSSR count). The predicted molar refractivity (Wildman–Crippen MR) is 96.4 cm³/mol. The standard InChI is InChI=1S/C20H12F2N4O/c1-25-7-6-18-19(20(25)27)24-11-26(18)14-4-5-17(22)16(9-14)15-8-13(21)3-2-12(15)10-23/h2-9,11H,1H3. The van der Waals surface area contributed by atoms with Crippen LogP contribution in [0.3, 0.4) is 0 Å². The first-order valence-corrected chi connectivity index (χ1v) is 8.02. The molecule has 0 radical (unpaired) electrons. The average Bonchev–Trinajstić information content (AvgIpc) is 3.10. The fourth-order valence-electron chi connectivity index (χ4n) is 3.01. The fourth-order valence-corrected chi connectivity index (χ4v) is 3.01. The number of hydrogen-bond acceptors (Lipinski definition) is 3. The Bertz CT molecular complexity index is 1300. The molecule has 0 spiro atoms. The van der Waals surface area contributed by atoms with E-state index < -0.39 is 11.6 Å². The summed E-state index contributed by atoms with van der Waals surface area (Å²) in [4.78, 5) is 16.3. The van der Waals surface area contributed by atoms with Crippen LogP contribution in [0.25, 0.3) is 27.8 Å². The van der Waals surface area contributed by atoms with Gasteiger partial charge in [0.25, 0.3) is 5.56 Å². The summed E-state index contributed by atoms with van der Waals surface area (Å²) in [6.07, 6.45) is 3.09. The van der Waals surface area contributed by atoms with Crippen LogP contribution in [0.2, 0.25) is 0 Å². The lowest BCUT2D eigenvalue weighted by atomic mass is 9.99. The van der Waals surface area contributed by atoms with Gasteiger partial charge in [0, 0.05) is 30.1 Å². The molecule has 0 saturated carbocycles. The van der Waals surface area contributed by atoms with Gasteiger partial charge in [0.1, 0.15) is 18.0 Å². The molecule has 0 unspecified atom stereocenters. The molecule has 0 atom stereocenters. The summed E-state index contributed by atoms with van der Waals surface area (Å²) in [5.74, 6) is -1.15. The van der Waals surface area contributed by atoms with Crippen molar-refractivity contribution < 1.29 is 8.78 Å². The maximum absolute atomic E-state index is 14.5. The highest BCUT2D eigenvalue weighted by Gasteiger charge is 2.15. The van der Waals surface area contributed by atoms with Gasteiger partial charge in [-0.15, -0.1) is 0 Å². The third kappa shape index (κ3) is 2.68. The molecule has 5 nitrogen and oxygen atoms in total. The van der Waals surface area contributed by atoms with E-state index in [0.29, 0.717) is 11.2 Å². The molecule has 2 aromatic heterocycles. The van der Waals surface area contributed by atoms with Crippen molar-refractivity contribution in [3.05, 3.63) is 82.5 Å². The van der Waals surface area contributed by atoms with Gasteiger partial charge in [-0.2, -0.15) is 5.26 Å². The molecule has 0 amide bonds. The van der Waals surface area contributed by atoms with E-state index >= 15 is 0 Å². The van der Waals surface area contributed by atoms with E-state index in [2.05, 4.69) is 4.98 Å². The Morgan fingerprint density at radius 2 is 1.89 bits per heavy atom. The maximum Gasteiger partial charge on any atom is 0.278 e. The monoisotopic (exact) mass is 362 g/mol. The molecule has 132 valence electrons. The van der Waals surface area contributed by atoms with Gasteiger partial charge in [-0.3, -0.25) is 9.36 Å². The second-order valence-electron chi connectivity index (χ2n) is 6.05. The van der Waals surface area contributed by atoms with Gasteiger partial charge in [-0.1, -0.05) is 0 Å². The normalized spacial score (nSPS) is 10.9. The molecule has 4 aromatic rings. The third-order valence-electron chi connectivity index (χ3n) is 4.40. The van der Waals surface area contributed by atoms with Crippen molar-refractivity contribution in [3.63, 3.8) is 0 Å². The van der Waals surface area contributed by atoms with Crippen molar-refractivity contribution in [3.8, 4) is 22.9 Å². The largest absolute Gasteiger partial charge is 0.317 e. The number of aryl methyl sites for hydroxylation is 1. The quantitative estimate of drug-likeness (QED) is 0.548. The maximum atomic E-state index is 14.5. The first kappa shape index (κ1) is 16.7. The lowest BCUT2D eigenvalue weighted by Crippen LogP contribution is -2.15. The molecular weight excluding hydrogens is 350 g/mol. The molecule has 0 aliphatic rings. The Kier molecular flexibility index (Phi) is 3.81. The van der Waals surface area contributed by atoms with Crippen LogP contribution in [0.1, 0.15) is 5.56 Å². The lowest BCUT2D eigenvalue weighted by molar-refractivity contribution is 0.624. The summed E-state index contributed by atoms with van der Waals surface area (Å²) in [5.41, 5.74) is 1.56. The number of rotatable bonds is 2. The van der Waals surface area contributed by atoms with Crippen LogP contribution in [0, 0.1) is 23.0 Å². The third-order valence-corrected chi connectivity index (χ3v) is 4.40. The van der Waals surface area contributed by atoms with Crippen molar-refractivity contribution >= 4 is 11.0 Å². The van der Waals surface area contributed by atoms with Gasteiger partial charge in [-0.05, 0) is 42.5 Å². The molecule has 2 aromatic carbocycles. The van der Waals surface area contributed by atoms with E-state index in [4.69, 9.17) is 0 Å². The van der Waals surface area contributed by atoms with Crippen LogP contribution in [0.15, 0.2) is 59.8 Å². The number of pyridine rings is 1. The number of hydrogen-bond donors (Lipinski definition) is 0. The minimum absolute atomic E-state index is 0.0919. The Hall–Kier alpha value is -3.79. The number of fused-ring (bicyclic) bond motifs is 1. The van der Waals surface area contributed by atoms with Crippen LogP contribution < -0.4 is 5.56 Å². The summed E-state index contributed by atoms with van der Waals surface area (Å²) < 4.78 is 31.2. The zero-order valence-electron chi connectivity index (χ0n) is 14.1. The predicted octanol–water partition coefficient (Wildman–Crippen LogP) is 3.54. The van der Waals surface area contributed by atoms with Gasteiger partial charge >= 0.3 is 0 Å². The Balaban J connectivity index is 1.95. The highest BCUT2D eigenvalue weighted by Crippen LogP contribution is 2.29. The number of nitrogens with zero attached hydrogens (tertiary/aromatic N) is 4. The summed E-state index contributed by atoms with van der Waals surface area (Å²) >= 11 is 0. The van der Waals surface area contributed by atoms with Crippen LogP contribution in [-0.2, 0) is 7.05 Å². The Morgan fingerprint density at radius 1 is 1.07 bits per heavy atom. The highest BCUT2D eigenvalue weighted by molar-refractivity contribution is 5.78. The van der Waals surface area contributed by atoms with Gasteiger partial charge < -0.3 is 4.57 Å². The Morgan fingerprint density at radius 3 is 2.67 bits per heavy atom. The molecule has 27 heavy (non-hydrogen) atoms. The van der Waals surface area contributed by atoms with E-state index in [1.165, 1.54) is 35.2 Å². The van der Waals surface area contributed by atoms with Crippen LogP contribution >= 0.6 is 0 Å². The molecule has 0 N–H and O–H groups in total. The minimum Gasteiger partial charge on any atom is -0.317 e. The number of benzene rings is 2. The van der Waals surface area contributed by atoms with Crippen LogP contribution in [0.4, 0.5) is 8.78 Å². The SMILES string of the molecule is Cn1ccc2c(ncn2-c2ccc(F)c(-c3cc(F)ccc3C#N)c2)c1=O. The highest BCUT2D eigenvalue weighted by atomic mass is 19.1. The Labute approximate surface area is 152 Å². The number of nitriles is 1. The first-order valence-electron chi connectivity index (χ1n) is 8.02. The van der Waals surface area contributed by atoms with Crippen LogP contribution in [0.5, 0.6) is 0 Å². The van der Waals surface area contributed by atoms with Crippen molar-refractivity contribution in [1.82, 2.24) is 14.1 Å². The molecule has 2 heterocycles.